The van der Waals surface area contributed by atoms with Crippen molar-refractivity contribution in [2.75, 3.05) is 78.0 Å². The molecule has 3 aliphatic rings. The average molecular weight is 686 g/mol. The summed E-state index contributed by atoms with van der Waals surface area (Å²) in [6.07, 6.45) is 2.55. The van der Waals surface area contributed by atoms with Crippen molar-refractivity contribution in [3.8, 4) is 11.6 Å². The summed E-state index contributed by atoms with van der Waals surface area (Å²) >= 11 is 0. The third-order valence-corrected chi connectivity index (χ3v) is 9.06. The number of halogens is 2. The van der Waals surface area contributed by atoms with E-state index in [-0.39, 0.29) is 30.4 Å². The van der Waals surface area contributed by atoms with E-state index in [9.17, 15) is 18.4 Å². The molecule has 1 aromatic heterocycles. The number of rotatable bonds is 11. The van der Waals surface area contributed by atoms with Crippen LogP contribution in [0.1, 0.15) is 32.8 Å². The molecule has 2 aromatic rings. The minimum atomic E-state index is -0.837. The number of hydrogen-bond acceptors (Lipinski definition) is 8. The number of carbonyl (C=O) groups is 2. The van der Waals surface area contributed by atoms with E-state index in [2.05, 4.69) is 20.4 Å². The van der Waals surface area contributed by atoms with E-state index in [1.54, 1.807) is 22.8 Å². The number of likely N-dealkylation sites (tertiary alicyclic amines) is 1. The average Bonchev–Trinajstić information content (AvgIpc) is 3.61. The van der Waals surface area contributed by atoms with Gasteiger partial charge in [0.25, 0.3) is 0 Å². The zero-order valence-corrected chi connectivity index (χ0v) is 29.1. The maximum Gasteiger partial charge on any atom is 0.410 e. The van der Waals surface area contributed by atoms with Gasteiger partial charge in [-0.25, -0.2) is 23.1 Å². The van der Waals surface area contributed by atoms with Gasteiger partial charge in [-0.3, -0.25) is 15.1 Å². The fourth-order valence-corrected chi connectivity index (χ4v) is 6.45. The second-order valence-electron chi connectivity index (χ2n) is 13.8. The number of anilines is 1. The molecule has 3 heterocycles. The number of allylic oxidation sites excluding steroid dienone is 4. The first-order chi connectivity index (χ1) is 23.4. The Labute approximate surface area is 287 Å². The molecule has 268 valence electrons. The monoisotopic (exact) mass is 685 g/mol. The highest BCUT2D eigenvalue weighted by atomic mass is 19.2. The molecule has 5 rings (SSSR count). The first-order valence-electron chi connectivity index (χ1n) is 16.9. The second-order valence-corrected chi connectivity index (χ2v) is 13.8. The molecule has 0 saturated carbocycles. The van der Waals surface area contributed by atoms with Gasteiger partial charge in [-0.1, -0.05) is 24.3 Å². The summed E-state index contributed by atoms with van der Waals surface area (Å²) in [6.45, 7) is 13.3. The number of piperazine rings is 1. The van der Waals surface area contributed by atoms with Crippen LogP contribution in [0, 0.1) is 18.8 Å². The molecule has 0 bridgehead atoms. The lowest BCUT2D eigenvalue weighted by Crippen LogP contribution is -2.50. The topological polar surface area (TPSA) is 113 Å². The highest BCUT2D eigenvalue weighted by Crippen LogP contribution is 2.35. The summed E-state index contributed by atoms with van der Waals surface area (Å²) in [5.74, 6) is -1.12. The van der Waals surface area contributed by atoms with E-state index in [1.807, 2.05) is 58.0 Å². The molecule has 12 nitrogen and oxygen atoms in total. The fraction of sp³-hybridized carbons (Fsp3) is 0.571. The van der Waals surface area contributed by atoms with Gasteiger partial charge in [-0.15, -0.1) is 5.10 Å². The number of urea groups is 1. The predicted molar refractivity (Wildman–Crippen MR) is 182 cm³/mol. The van der Waals surface area contributed by atoms with Crippen LogP contribution in [-0.2, 0) is 9.47 Å². The van der Waals surface area contributed by atoms with Crippen LogP contribution in [0.15, 0.2) is 54.1 Å². The van der Waals surface area contributed by atoms with Crippen LogP contribution in [-0.4, -0.2) is 121 Å². The van der Waals surface area contributed by atoms with Gasteiger partial charge in [0.2, 0.25) is 5.88 Å². The highest BCUT2D eigenvalue weighted by molar-refractivity contribution is 5.90. The van der Waals surface area contributed by atoms with E-state index in [0.29, 0.717) is 82.8 Å². The Morgan fingerprint density at radius 2 is 1.71 bits per heavy atom. The van der Waals surface area contributed by atoms with Crippen molar-refractivity contribution in [3.05, 3.63) is 59.7 Å². The lowest BCUT2D eigenvalue weighted by molar-refractivity contribution is 0.0136. The molecule has 2 fully saturated rings. The van der Waals surface area contributed by atoms with Crippen molar-refractivity contribution in [1.29, 1.82) is 0 Å². The molecule has 0 radical (unpaired) electrons. The first-order valence-corrected chi connectivity index (χ1v) is 16.9. The molecule has 2 aliphatic heterocycles. The Hall–Kier alpha value is -4.01. The van der Waals surface area contributed by atoms with Gasteiger partial charge in [0.1, 0.15) is 23.9 Å². The fourth-order valence-electron chi connectivity index (χ4n) is 6.45. The number of aromatic nitrogens is 2. The van der Waals surface area contributed by atoms with Crippen molar-refractivity contribution in [2.45, 2.75) is 45.8 Å². The molecular weight excluding hydrogens is 636 g/mol. The van der Waals surface area contributed by atoms with Crippen molar-refractivity contribution in [2.24, 2.45) is 11.8 Å². The largest absolute Gasteiger partial charge is 0.475 e. The van der Waals surface area contributed by atoms with Gasteiger partial charge in [-0.2, -0.15) is 0 Å². The highest BCUT2D eigenvalue weighted by Gasteiger charge is 2.39. The summed E-state index contributed by atoms with van der Waals surface area (Å²) in [5.41, 5.74) is 0.876. The van der Waals surface area contributed by atoms with Gasteiger partial charge < -0.3 is 24.4 Å². The Kier molecular flexibility index (Phi) is 11.9. The third-order valence-electron chi connectivity index (χ3n) is 9.06. The number of nitrogens with zero attached hydrogens (tertiary/aromatic N) is 5. The Bertz CT molecular complexity index is 1500. The van der Waals surface area contributed by atoms with E-state index in [1.165, 1.54) is 6.08 Å². The molecular formula is C35H49F2N7O5. The van der Waals surface area contributed by atoms with Crippen molar-refractivity contribution < 1.29 is 32.6 Å². The summed E-state index contributed by atoms with van der Waals surface area (Å²) in [6, 6.07) is 8.72. The normalized spacial score (nSPS) is 22.0. The summed E-state index contributed by atoms with van der Waals surface area (Å²) in [7, 11) is 1.63. The van der Waals surface area contributed by atoms with Crippen LogP contribution in [0.4, 0.5) is 24.2 Å². The quantitative estimate of drug-likeness (QED) is 0.344. The standard InChI is InChI=1S/C35H49F2N7O5/c1-24-31(39-33(45)38-30-23-42(17-19-47-5)22-27(30)25-11-12-28(36)29(37)21-25)44(26-9-7-6-8-10-26)40-32(24)48-20-18-41-13-15-43(16-14-41)34(46)49-35(2,3)4/h6-12,25,27,30H,13-23H2,1-5H3,(H2,38,39,45)/t25?,27-,30+/m0/s1. The molecule has 2 saturated heterocycles. The third kappa shape index (κ3) is 9.58. The first kappa shape index (κ1) is 36.3. The van der Waals surface area contributed by atoms with Gasteiger partial charge in [0.05, 0.1) is 17.9 Å². The van der Waals surface area contributed by atoms with E-state index < -0.39 is 23.3 Å². The Morgan fingerprint density at radius 3 is 2.39 bits per heavy atom. The number of para-hydroxylation sites is 1. The van der Waals surface area contributed by atoms with E-state index in [4.69, 9.17) is 19.3 Å². The van der Waals surface area contributed by atoms with Crippen LogP contribution >= 0.6 is 0 Å². The molecule has 2 N–H and O–H groups in total. The lowest BCUT2D eigenvalue weighted by atomic mass is 9.83. The zero-order valence-electron chi connectivity index (χ0n) is 29.1. The molecule has 1 aliphatic carbocycles. The number of ether oxygens (including phenoxy) is 3. The summed E-state index contributed by atoms with van der Waals surface area (Å²) in [5, 5.41) is 10.8. The van der Waals surface area contributed by atoms with Crippen molar-refractivity contribution in [1.82, 2.24) is 29.8 Å². The maximum atomic E-state index is 14.3. The van der Waals surface area contributed by atoms with Crippen LogP contribution in [0.5, 0.6) is 5.88 Å². The second kappa shape index (κ2) is 16.1. The number of hydrogen-bond donors (Lipinski definition) is 2. The van der Waals surface area contributed by atoms with Gasteiger partial charge in [-0.05, 0) is 57.7 Å². The zero-order chi connectivity index (χ0) is 35.1. The van der Waals surface area contributed by atoms with Gasteiger partial charge in [0, 0.05) is 71.9 Å². The number of nitrogens with one attached hydrogen (secondary N) is 2. The maximum absolute atomic E-state index is 14.3. The number of amides is 3. The summed E-state index contributed by atoms with van der Waals surface area (Å²) in [4.78, 5) is 32.1. The number of carbonyl (C=O) groups excluding carboxylic acids is 2. The molecule has 1 unspecified atom stereocenters. The van der Waals surface area contributed by atoms with Crippen LogP contribution in [0.3, 0.4) is 0 Å². The van der Waals surface area contributed by atoms with Crippen LogP contribution in [0.2, 0.25) is 0 Å². The van der Waals surface area contributed by atoms with Crippen LogP contribution in [0.25, 0.3) is 5.69 Å². The SMILES string of the molecule is COCCN1C[C@@H](NC(=O)Nc2c(C)c(OCCN3CCN(C(=O)OC(C)(C)C)CC3)nn2-c2ccccc2)[C@H](C2C=CC(F)=C(F)C2)C1. The molecule has 0 spiro atoms. The minimum absolute atomic E-state index is 0.0368. The van der Waals surface area contributed by atoms with E-state index in [0.717, 1.165) is 5.69 Å². The predicted octanol–water partition coefficient (Wildman–Crippen LogP) is 4.91. The Morgan fingerprint density at radius 1 is 1.00 bits per heavy atom. The lowest BCUT2D eigenvalue weighted by Gasteiger charge is -2.35. The minimum Gasteiger partial charge on any atom is -0.475 e. The van der Waals surface area contributed by atoms with E-state index >= 15 is 0 Å². The number of benzene rings is 1. The van der Waals surface area contributed by atoms with Gasteiger partial charge in [0.15, 0.2) is 5.83 Å². The molecule has 14 heteroatoms. The van der Waals surface area contributed by atoms with Crippen molar-refractivity contribution >= 4 is 17.9 Å². The van der Waals surface area contributed by atoms with Crippen molar-refractivity contribution in [3.63, 3.8) is 0 Å². The Balaban J connectivity index is 1.23. The molecule has 1 aromatic carbocycles. The molecule has 3 atom stereocenters. The van der Waals surface area contributed by atoms with Crippen LogP contribution < -0.4 is 15.4 Å². The molecule has 3 amide bonds. The summed E-state index contributed by atoms with van der Waals surface area (Å²) < 4.78 is 46.6. The smallest absolute Gasteiger partial charge is 0.410 e. The van der Waals surface area contributed by atoms with Gasteiger partial charge >= 0.3 is 12.1 Å². The molecule has 49 heavy (non-hydrogen) atoms. The number of methoxy groups -OCH3 is 1.